The number of likely N-dealkylation sites (N-methyl/N-ethyl adjacent to an activating group) is 1. The molecule has 0 aliphatic carbocycles. The third kappa shape index (κ3) is 2.17. The highest BCUT2D eigenvalue weighted by atomic mass is 32.2. The van der Waals surface area contributed by atoms with Crippen LogP contribution in [0.2, 0.25) is 0 Å². The highest BCUT2D eigenvalue weighted by molar-refractivity contribution is 7.98. The number of rotatable bonds is 1. The van der Waals surface area contributed by atoms with Gasteiger partial charge < -0.3 is 4.90 Å². The minimum absolute atomic E-state index is 0.837. The summed E-state index contributed by atoms with van der Waals surface area (Å²) in [6.45, 7) is 2.00. The molecule has 0 saturated heterocycles. The molecule has 24 heavy (non-hydrogen) atoms. The van der Waals surface area contributed by atoms with Crippen LogP contribution < -0.4 is 0 Å². The first-order chi connectivity index (χ1) is 11.8. The van der Waals surface area contributed by atoms with Crippen molar-refractivity contribution in [1.29, 1.82) is 0 Å². The van der Waals surface area contributed by atoms with Crippen molar-refractivity contribution < 1.29 is 0 Å². The van der Waals surface area contributed by atoms with Crippen LogP contribution in [0.25, 0.3) is 22.5 Å². The molecule has 2 aliphatic heterocycles. The molecule has 0 radical (unpaired) electrons. The molecule has 0 unspecified atom stereocenters. The fraction of sp³-hybridized carbons (Fsp3) is 0.278. The van der Waals surface area contributed by atoms with Gasteiger partial charge in [0.2, 0.25) is 0 Å². The Labute approximate surface area is 144 Å². The van der Waals surface area contributed by atoms with Crippen molar-refractivity contribution in [3.63, 3.8) is 0 Å². The van der Waals surface area contributed by atoms with Crippen LogP contribution in [0.15, 0.2) is 41.3 Å². The molecule has 0 amide bonds. The van der Waals surface area contributed by atoms with E-state index >= 15 is 0 Å². The second-order valence-electron chi connectivity index (χ2n) is 6.34. The van der Waals surface area contributed by atoms with Crippen LogP contribution >= 0.6 is 11.8 Å². The molecule has 0 fully saturated rings. The van der Waals surface area contributed by atoms with Crippen LogP contribution in [0.4, 0.5) is 0 Å². The van der Waals surface area contributed by atoms with Crippen molar-refractivity contribution in [2.45, 2.75) is 17.1 Å². The molecule has 0 saturated carbocycles. The topological polar surface area (TPSA) is 46.3 Å². The minimum Gasteiger partial charge on any atom is -0.302 e. The summed E-state index contributed by atoms with van der Waals surface area (Å²) in [5.74, 6) is 1.82. The van der Waals surface area contributed by atoms with Gasteiger partial charge in [-0.2, -0.15) is 9.61 Å². The molecule has 120 valence electrons. The molecule has 0 bridgehead atoms. The number of nitrogens with zero attached hydrogens (tertiary/aromatic N) is 5. The Morgan fingerprint density at radius 3 is 2.96 bits per heavy atom. The van der Waals surface area contributed by atoms with E-state index in [0.717, 1.165) is 42.4 Å². The van der Waals surface area contributed by atoms with Gasteiger partial charge in [-0.3, -0.25) is 0 Å². The number of thioether (sulfide) groups is 1. The van der Waals surface area contributed by atoms with E-state index < -0.39 is 0 Å². The van der Waals surface area contributed by atoms with Crippen molar-refractivity contribution in [2.24, 2.45) is 0 Å². The lowest BCUT2D eigenvalue weighted by molar-refractivity contribution is 0.369. The molecule has 2 aliphatic rings. The van der Waals surface area contributed by atoms with Gasteiger partial charge in [0.15, 0.2) is 11.5 Å². The van der Waals surface area contributed by atoms with Crippen LogP contribution in [0.5, 0.6) is 0 Å². The van der Waals surface area contributed by atoms with E-state index in [-0.39, 0.29) is 0 Å². The average Bonchev–Trinajstić information content (AvgIpc) is 3.03. The third-order valence-corrected chi connectivity index (χ3v) is 5.82. The second-order valence-corrected chi connectivity index (χ2v) is 7.36. The molecule has 0 atom stereocenters. The Morgan fingerprint density at radius 2 is 2.08 bits per heavy atom. The summed E-state index contributed by atoms with van der Waals surface area (Å²) in [5.41, 5.74) is 5.59. The highest BCUT2D eigenvalue weighted by Crippen LogP contribution is 2.40. The lowest BCUT2D eigenvalue weighted by Crippen LogP contribution is -2.24. The predicted molar refractivity (Wildman–Crippen MR) is 95.9 cm³/mol. The second kappa shape index (κ2) is 5.43. The largest absolute Gasteiger partial charge is 0.302 e. The van der Waals surface area contributed by atoms with Gasteiger partial charge in [-0.05, 0) is 36.7 Å². The first kappa shape index (κ1) is 14.2. The highest BCUT2D eigenvalue weighted by Gasteiger charge is 2.22. The molecule has 0 spiro atoms. The van der Waals surface area contributed by atoms with E-state index in [1.807, 2.05) is 16.3 Å². The standard InChI is InChI=1S/C18H17N5S/c1-22-8-6-12(7-9-22)18-20-19-16-10-13-11-24-15-5-3-2-4-14(15)17(13)21-23(16)18/h2-6,10H,7-9,11H2,1H3. The summed E-state index contributed by atoms with van der Waals surface area (Å²) in [7, 11) is 2.14. The molecule has 6 heteroatoms. The molecule has 5 rings (SSSR count). The zero-order valence-corrected chi connectivity index (χ0v) is 14.3. The molecular formula is C18H17N5S. The van der Waals surface area contributed by atoms with E-state index in [1.54, 1.807) is 0 Å². The summed E-state index contributed by atoms with van der Waals surface area (Å²) in [4.78, 5) is 3.60. The quantitative estimate of drug-likeness (QED) is 0.684. The fourth-order valence-electron chi connectivity index (χ4n) is 3.32. The Bertz CT molecular complexity index is 975. The molecule has 2 aromatic heterocycles. The monoisotopic (exact) mass is 335 g/mol. The van der Waals surface area contributed by atoms with Gasteiger partial charge in [-0.15, -0.1) is 22.0 Å². The molecule has 4 heterocycles. The van der Waals surface area contributed by atoms with Gasteiger partial charge >= 0.3 is 0 Å². The van der Waals surface area contributed by atoms with Crippen LogP contribution in [0, 0.1) is 0 Å². The smallest absolute Gasteiger partial charge is 0.181 e. The van der Waals surface area contributed by atoms with E-state index in [9.17, 15) is 0 Å². The molecule has 1 aromatic carbocycles. The first-order valence-corrected chi connectivity index (χ1v) is 9.13. The Hall–Kier alpha value is -2.18. The van der Waals surface area contributed by atoms with Crippen molar-refractivity contribution in [3.8, 4) is 11.3 Å². The van der Waals surface area contributed by atoms with Crippen LogP contribution in [0.1, 0.15) is 17.8 Å². The van der Waals surface area contributed by atoms with Gasteiger partial charge in [-0.25, -0.2) is 0 Å². The Kier molecular flexibility index (Phi) is 3.21. The summed E-state index contributed by atoms with van der Waals surface area (Å²) in [6, 6.07) is 10.6. The minimum atomic E-state index is 0.837. The maximum absolute atomic E-state index is 4.94. The van der Waals surface area contributed by atoms with Crippen LogP contribution in [-0.2, 0) is 5.75 Å². The SMILES string of the molecule is CN1CC=C(c2nnc3cc4c(nn23)-c2ccccc2SC4)CC1. The maximum atomic E-state index is 4.94. The van der Waals surface area contributed by atoms with E-state index in [0.29, 0.717) is 0 Å². The van der Waals surface area contributed by atoms with Crippen molar-refractivity contribution in [1.82, 2.24) is 24.7 Å². The average molecular weight is 335 g/mol. The van der Waals surface area contributed by atoms with Gasteiger partial charge in [0, 0.05) is 29.3 Å². The van der Waals surface area contributed by atoms with Crippen LogP contribution in [0.3, 0.4) is 0 Å². The predicted octanol–water partition coefficient (Wildman–Crippen LogP) is 3.12. The Morgan fingerprint density at radius 1 is 1.17 bits per heavy atom. The maximum Gasteiger partial charge on any atom is 0.181 e. The number of fused-ring (bicyclic) bond motifs is 4. The van der Waals surface area contributed by atoms with Gasteiger partial charge in [0.1, 0.15) is 0 Å². The van der Waals surface area contributed by atoms with Gasteiger partial charge in [0.25, 0.3) is 0 Å². The van der Waals surface area contributed by atoms with Gasteiger partial charge in [-0.1, -0.05) is 24.3 Å². The normalized spacial score (nSPS) is 17.5. The van der Waals surface area contributed by atoms with Gasteiger partial charge in [0.05, 0.1) is 5.69 Å². The van der Waals surface area contributed by atoms with Crippen LogP contribution in [-0.4, -0.2) is 44.8 Å². The lowest BCUT2D eigenvalue weighted by Gasteiger charge is -2.21. The van der Waals surface area contributed by atoms with E-state index in [4.69, 9.17) is 5.10 Å². The number of benzene rings is 1. The fourth-order valence-corrected chi connectivity index (χ4v) is 4.35. The van der Waals surface area contributed by atoms with Crippen molar-refractivity contribution in [2.75, 3.05) is 20.1 Å². The lowest BCUT2D eigenvalue weighted by atomic mass is 10.1. The van der Waals surface area contributed by atoms with Crippen molar-refractivity contribution >= 4 is 23.0 Å². The van der Waals surface area contributed by atoms with E-state index in [1.165, 1.54) is 21.6 Å². The Balaban J connectivity index is 1.69. The molecule has 3 aromatic rings. The number of aromatic nitrogens is 4. The summed E-state index contributed by atoms with van der Waals surface area (Å²) in [6.07, 6.45) is 3.23. The zero-order chi connectivity index (χ0) is 16.1. The first-order valence-electron chi connectivity index (χ1n) is 8.15. The number of hydrogen-bond acceptors (Lipinski definition) is 5. The third-order valence-electron chi connectivity index (χ3n) is 4.70. The molecule has 0 N–H and O–H groups in total. The zero-order valence-electron chi connectivity index (χ0n) is 13.4. The molecular weight excluding hydrogens is 318 g/mol. The number of hydrogen-bond donors (Lipinski definition) is 0. The summed E-state index contributed by atoms with van der Waals surface area (Å²) in [5, 5.41) is 13.7. The summed E-state index contributed by atoms with van der Waals surface area (Å²) < 4.78 is 1.92. The summed E-state index contributed by atoms with van der Waals surface area (Å²) >= 11 is 1.86. The van der Waals surface area contributed by atoms with E-state index in [2.05, 4.69) is 58.6 Å². The molecule has 5 nitrogen and oxygen atoms in total. The van der Waals surface area contributed by atoms with Crippen molar-refractivity contribution in [3.05, 3.63) is 47.8 Å².